The van der Waals surface area contributed by atoms with Gasteiger partial charge in [0.05, 0.1) is 29.1 Å². The van der Waals surface area contributed by atoms with Gasteiger partial charge in [-0.1, -0.05) is 54.1 Å². The molecule has 5 rings (SSSR count). The molecule has 3 aromatic carbocycles. The summed E-state index contributed by atoms with van der Waals surface area (Å²) in [5.41, 5.74) is 1.25. The monoisotopic (exact) mass is 470 g/mol. The van der Waals surface area contributed by atoms with E-state index < -0.39 is 17.7 Å². The lowest BCUT2D eigenvalue weighted by Crippen LogP contribution is -2.30. The summed E-state index contributed by atoms with van der Waals surface area (Å²) in [6.45, 7) is 0. The fraction of sp³-hybridized carbons (Fsp3) is 0.0741. The molecule has 1 N–H and O–H groups in total. The fourth-order valence-electron chi connectivity index (χ4n) is 4.29. The van der Waals surface area contributed by atoms with Crippen LogP contribution in [-0.2, 0) is 9.59 Å². The van der Waals surface area contributed by atoms with Gasteiger partial charge >= 0.3 is 0 Å². The van der Waals surface area contributed by atoms with Crippen molar-refractivity contribution < 1.29 is 19.4 Å². The van der Waals surface area contributed by atoms with Crippen LogP contribution < -0.4 is 9.64 Å². The number of halogens is 1. The van der Waals surface area contributed by atoms with Crippen molar-refractivity contribution in [3.05, 3.63) is 107 Å². The third-order valence-electron chi connectivity index (χ3n) is 5.86. The third kappa shape index (κ3) is 3.49. The van der Waals surface area contributed by atoms with Crippen molar-refractivity contribution in [1.29, 1.82) is 0 Å². The lowest BCUT2D eigenvalue weighted by atomic mass is 9.97. The fourth-order valence-corrected chi connectivity index (χ4v) is 4.54. The minimum atomic E-state index is -0.923. The number of aromatic nitrogens is 1. The molecule has 1 fully saturated rings. The summed E-state index contributed by atoms with van der Waals surface area (Å²) in [7, 11) is 1.48. The average Bonchev–Trinajstić information content (AvgIpc) is 3.14. The number of hydrogen-bond donors (Lipinski definition) is 1. The van der Waals surface area contributed by atoms with E-state index in [4.69, 9.17) is 16.3 Å². The van der Waals surface area contributed by atoms with Crippen molar-refractivity contribution in [2.45, 2.75) is 6.04 Å². The predicted molar refractivity (Wildman–Crippen MR) is 131 cm³/mol. The van der Waals surface area contributed by atoms with E-state index in [2.05, 4.69) is 4.98 Å². The second-order valence-electron chi connectivity index (χ2n) is 7.77. The predicted octanol–water partition coefficient (Wildman–Crippen LogP) is 5.52. The summed E-state index contributed by atoms with van der Waals surface area (Å²) >= 11 is 6.26. The Morgan fingerprint density at radius 2 is 1.76 bits per heavy atom. The highest BCUT2D eigenvalue weighted by Crippen LogP contribution is 2.44. The molecule has 1 unspecified atom stereocenters. The number of ketones is 1. The van der Waals surface area contributed by atoms with E-state index >= 15 is 0 Å². The molecule has 1 aliphatic rings. The summed E-state index contributed by atoms with van der Waals surface area (Å²) in [6, 6.07) is 22.1. The Bertz CT molecular complexity index is 1460. The zero-order valence-electron chi connectivity index (χ0n) is 18.1. The number of pyridine rings is 1. The maximum absolute atomic E-state index is 13.4. The lowest BCUT2D eigenvalue weighted by Gasteiger charge is -2.25. The molecule has 1 atom stereocenters. The molecule has 1 aliphatic heterocycles. The lowest BCUT2D eigenvalue weighted by molar-refractivity contribution is -0.132. The Labute approximate surface area is 200 Å². The van der Waals surface area contributed by atoms with Gasteiger partial charge in [0.1, 0.15) is 17.6 Å². The minimum absolute atomic E-state index is 0.0575. The SMILES string of the molecule is COc1ccc(/C(O)=C2\C(=O)C(=O)N(c3cccc4ccccc34)C2c2ccccn2)cc1Cl. The zero-order valence-corrected chi connectivity index (χ0v) is 18.9. The quantitative estimate of drug-likeness (QED) is 0.241. The van der Waals surface area contributed by atoms with Gasteiger partial charge in [-0.25, -0.2) is 0 Å². The Morgan fingerprint density at radius 1 is 1.00 bits per heavy atom. The maximum atomic E-state index is 13.4. The van der Waals surface area contributed by atoms with Gasteiger partial charge in [-0.2, -0.15) is 0 Å². The van der Waals surface area contributed by atoms with Gasteiger partial charge in [-0.15, -0.1) is 0 Å². The summed E-state index contributed by atoms with van der Waals surface area (Å²) in [5, 5.41) is 13.3. The van der Waals surface area contributed by atoms with E-state index in [1.165, 1.54) is 18.1 Å². The second kappa shape index (κ2) is 8.65. The zero-order chi connectivity index (χ0) is 23.8. The molecule has 0 bridgehead atoms. The van der Waals surface area contributed by atoms with Crippen LogP contribution in [0.1, 0.15) is 17.3 Å². The number of ether oxygens (including phenoxy) is 1. The maximum Gasteiger partial charge on any atom is 0.300 e. The van der Waals surface area contributed by atoms with Gasteiger partial charge in [0, 0.05) is 17.1 Å². The first-order chi connectivity index (χ1) is 16.5. The molecule has 7 heteroatoms. The van der Waals surface area contributed by atoms with Crippen LogP contribution in [0.4, 0.5) is 5.69 Å². The highest BCUT2D eigenvalue weighted by Gasteiger charge is 2.48. The van der Waals surface area contributed by atoms with Crippen molar-refractivity contribution in [3.63, 3.8) is 0 Å². The number of amides is 1. The summed E-state index contributed by atoms with van der Waals surface area (Å²) < 4.78 is 5.18. The van der Waals surface area contributed by atoms with Crippen LogP contribution in [0.15, 0.2) is 90.6 Å². The number of hydrogen-bond acceptors (Lipinski definition) is 5. The number of carbonyl (C=O) groups is 2. The van der Waals surface area contributed by atoms with E-state index in [1.807, 2.05) is 36.4 Å². The topological polar surface area (TPSA) is 79.7 Å². The second-order valence-corrected chi connectivity index (χ2v) is 8.18. The van der Waals surface area contributed by atoms with E-state index in [-0.39, 0.29) is 16.4 Å². The van der Waals surface area contributed by atoms with Gasteiger partial charge in [0.25, 0.3) is 11.7 Å². The molecule has 1 amide bonds. The first-order valence-electron chi connectivity index (χ1n) is 10.5. The number of anilines is 1. The molecule has 1 aromatic heterocycles. The van der Waals surface area contributed by atoms with E-state index in [0.29, 0.717) is 22.7 Å². The van der Waals surface area contributed by atoms with Gasteiger partial charge in [0.2, 0.25) is 0 Å². The van der Waals surface area contributed by atoms with Crippen LogP contribution in [0.3, 0.4) is 0 Å². The number of methoxy groups -OCH3 is 1. The summed E-state index contributed by atoms with van der Waals surface area (Å²) in [4.78, 5) is 32.6. The number of fused-ring (bicyclic) bond motifs is 1. The Hall–Kier alpha value is -4.16. The highest BCUT2D eigenvalue weighted by atomic mass is 35.5. The molecule has 0 radical (unpaired) electrons. The van der Waals surface area contributed by atoms with Crippen LogP contribution in [0.5, 0.6) is 5.75 Å². The number of aliphatic hydroxyl groups excluding tert-OH is 1. The van der Waals surface area contributed by atoms with Crippen LogP contribution in [0.2, 0.25) is 5.02 Å². The third-order valence-corrected chi connectivity index (χ3v) is 6.16. The molecule has 34 heavy (non-hydrogen) atoms. The molecule has 0 spiro atoms. The number of aliphatic hydroxyl groups is 1. The number of Topliss-reactive ketones (excluding diaryl/α,β-unsaturated/α-hetero) is 1. The van der Waals surface area contributed by atoms with E-state index in [1.54, 1.807) is 42.6 Å². The highest BCUT2D eigenvalue weighted by molar-refractivity contribution is 6.52. The van der Waals surface area contributed by atoms with Gasteiger partial charge in [-0.3, -0.25) is 19.5 Å². The van der Waals surface area contributed by atoms with Crippen LogP contribution in [-0.4, -0.2) is 28.9 Å². The number of carbonyl (C=O) groups excluding carboxylic acids is 2. The molecule has 4 aromatic rings. The Balaban J connectivity index is 1.76. The van der Waals surface area contributed by atoms with E-state index in [0.717, 1.165) is 10.8 Å². The Morgan fingerprint density at radius 3 is 2.50 bits per heavy atom. The van der Waals surface area contributed by atoms with Crippen LogP contribution >= 0.6 is 11.6 Å². The molecule has 6 nitrogen and oxygen atoms in total. The Kier molecular flexibility index (Phi) is 5.51. The molecular formula is C27H19ClN2O4. The van der Waals surface area contributed by atoms with Gasteiger partial charge < -0.3 is 9.84 Å². The van der Waals surface area contributed by atoms with Crippen molar-refractivity contribution in [1.82, 2.24) is 4.98 Å². The van der Waals surface area contributed by atoms with Gasteiger partial charge in [-0.05, 0) is 41.8 Å². The van der Waals surface area contributed by atoms with Crippen molar-refractivity contribution in [2.75, 3.05) is 12.0 Å². The number of rotatable bonds is 4. The smallest absolute Gasteiger partial charge is 0.300 e. The molecular weight excluding hydrogens is 452 g/mol. The number of nitrogens with zero attached hydrogens (tertiary/aromatic N) is 2. The first kappa shape index (κ1) is 21.7. The van der Waals surface area contributed by atoms with Crippen molar-refractivity contribution >= 4 is 45.5 Å². The summed E-state index contributed by atoms with van der Waals surface area (Å²) in [5.74, 6) is -1.45. The van der Waals surface area contributed by atoms with E-state index in [9.17, 15) is 14.7 Å². The van der Waals surface area contributed by atoms with Gasteiger partial charge in [0.15, 0.2) is 0 Å². The first-order valence-corrected chi connectivity index (χ1v) is 10.9. The minimum Gasteiger partial charge on any atom is -0.507 e. The van der Waals surface area contributed by atoms with Crippen LogP contribution in [0, 0.1) is 0 Å². The van der Waals surface area contributed by atoms with Crippen molar-refractivity contribution in [3.8, 4) is 5.75 Å². The average molecular weight is 471 g/mol. The number of benzene rings is 3. The van der Waals surface area contributed by atoms with Crippen molar-refractivity contribution in [2.24, 2.45) is 0 Å². The molecule has 168 valence electrons. The van der Waals surface area contributed by atoms with Crippen LogP contribution in [0.25, 0.3) is 16.5 Å². The largest absolute Gasteiger partial charge is 0.507 e. The summed E-state index contributed by atoms with van der Waals surface area (Å²) in [6.07, 6.45) is 1.59. The molecule has 1 saturated heterocycles. The molecule has 0 aliphatic carbocycles. The molecule has 2 heterocycles. The standard InChI is InChI=1S/C27H19ClN2O4/c1-34-22-13-12-17(15-19(22)28)25(31)23-24(20-10-4-5-14-29-20)30(27(33)26(23)32)21-11-6-8-16-7-2-3-9-18(16)21/h2-15,24,31H,1H3/b25-23+. The molecule has 0 saturated carbocycles. The normalized spacial score (nSPS) is 17.4.